The Morgan fingerprint density at radius 1 is 1.30 bits per heavy atom. The van der Waals surface area contributed by atoms with Gasteiger partial charge in [-0.05, 0) is 25.5 Å². The SMILES string of the molecule is Cc1csc(NC(=O)Cc2c(C)nc(SCc3ccccc3F)[nH]c2=O)n1. The minimum Gasteiger partial charge on any atom is -0.302 e. The van der Waals surface area contributed by atoms with Gasteiger partial charge in [0.15, 0.2) is 10.3 Å². The molecule has 0 aliphatic carbocycles. The zero-order valence-corrected chi connectivity index (χ0v) is 16.3. The summed E-state index contributed by atoms with van der Waals surface area (Å²) >= 11 is 2.56. The van der Waals surface area contributed by atoms with E-state index in [0.717, 1.165) is 5.69 Å². The van der Waals surface area contributed by atoms with Crippen LogP contribution in [0.1, 0.15) is 22.5 Å². The van der Waals surface area contributed by atoms with Gasteiger partial charge in [-0.3, -0.25) is 9.59 Å². The molecule has 1 aromatic carbocycles. The van der Waals surface area contributed by atoms with Crippen molar-refractivity contribution in [1.82, 2.24) is 15.0 Å². The first-order chi connectivity index (χ1) is 12.9. The number of benzene rings is 1. The molecule has 2 aromatic heterocycles. The maximum absolute atomic E-state index is 13.7. The number of H-pyrrole nitrogens is 1. The fourth-order valence-electron chi connectivity index (χ4n) is 2.36. The number of carbonyl (C=O) groups excluding carboxylic acids is 1. The fourth-order valence-corrected chi connectivity index (χ4v) is 3.96. The first kappa shape index (κ1) is 19.2. The normalized spacial score (nSPS) is 10.8. The van der Waals surface area contributed by atoms with Crippen molar-refractivity contribution >= 4 is 34.1 Å². The fraction of sp³-hybridized carbons (Fsp3) is 0.222. The molecule has 0 saturated carbocycles. The lowest BCUT2D eigenvalue weighted by atomic mass is 10.1. The Labute approximate surface area is 163 Å². The van der Waals surface area contributed by atoms with Crippen LogP contribution in [0.5, 0.6) is 0 Å². The molecule has 9 heteroatoms. The van der Waals surface area contributed by atoms with Gasteiger partial charge in [-0.15, -0.1) is 11.3 Å². The van der Waals surface area contributed by atoms with Crippen molar-refractivity contribution in [3.8, 4) is 0 Å². The molecule has 3 rings (SSSR count). The molecule has 0 saturated heterocycles. The molecule has 27 heavy (non-hydrogen) atoms. The van der Waals surface area contributed by atoms with E-state index in [2.05, 4.69) is 20.3 Å². The first-order valence-corrected chi connectivity index (χ1v) is 9.97. The minimum atomic E-state index is -0.371. The molecule has 0 radical (unpaired) electrons. The van der Waals surface area contributed by atoms with Crippen molar-refractivity contribution in [2.45, 2.75) is 31.2 Å². The highest BCUT2D eigenvalue weighted by Gasteiger charge is 2.14. The van der Waals surface area contributed by atoms with Crippen molar-refractivity contribution in [2.24, 2.45) is 0 Å². The summed E-state index contributed by atoms with van der Waals surface area (Å²) in [6.45, 7) is 3.52. The van der Waals surface area contributed by atoms with Gasteiger partial charge in [0.05, 0.1) is 12.1 Å². The highest BCUT2D eigenvalue weighted by atomic mass is 32.2. The number of aryl methyl sites for hydroxylation is 2. The molecule has 0 atom stereocenters. The van der Waals surface area contributed by atoms with Crippen LogP contribution in [0.25, 0.3) is 0 Å². The number of thiazole rings is 1. The van der Waals surface area contributed by atoms with Crippen molar-refractivity contribution < 1.29 is 9.18 Å². The summed E-state index contributed by atoms with van der Waals surface area (Å²) in [5, 5.41) is 5.39. The van der Waals surface area contributed by atoms with E-state index in [4.69, 9.17) is 0 Å². The molecular weight excluding hydrogens is 387 g/mol. The molecule has 0 bridgehead atoms. The average molecular weight is 404 g/mol. The topological polar surface area (TPSA) is 87.7 Å². The van der Waals surface area contributed by atoms with Crippen LogP contribution in [0.3, 0.4) is 0 Å². The molecule has 0 fully saturated rings. The van der Waals surface area contributed by atoms with Gasteiger partial charge in [-0.1, -0.05) is 30.0 Å². The number of rotatable bonds is 6. The second-order valence-corrected chi connectivity index (χ2v) is 7.66. The summed E-state index contributed by atoms with van der Waals surface area (Å²) in [6, 6.07) is 6.46. The second kappa shape index (κ2) is 8.45. The Bertz CT molecular complexity index is 1030. The predicted octanol–water partition coefficient (Wildman–Crippen LogP) is 3.46. The third-order valence-corrected chi connectivity index (χ3v) is 5.52. The first-order valence-electron chi connectivity index (χ1n) is 8.10. The van der Waals surface area contributed by atoms with E-state index in [1.54, 1.807) is 25.1 Å². The monoisotopic (exact) mass is 404 g/mol. The average Bonchev–Trinajstić information content (AvgIpc) is 3.02. The Morgan fingerprint density at radius 2 is 2.07 bits per heavy atom. The van der Waals surface area contributed by atoms with Crippen LogP contribution >= 0.6 is 23.1 Å². The van der Waals surface area contributed by atoms with E-state index in [1.165, 1.54) is 29.2 Å². The molecule has 1 amide bonds. The lowest BCUT2D eigenvalue weighted by Gasteiger charge is -2.07. The van der Waals surface area contributed by atoms with E-state index in [-0.39, 0.29) is 23.7 Å². The van der Waals surface area contributed by atoms with Gasteiger partial charge in [0, 0.05) is 22.4 Å². The lowest BCUT2D eigenvalue weighted by Crippen LogP contribution is -2.23. The molecule has 0 aliphatic heterocycles. The maximum atomic E-state index is 13.7. The largest absolute Gasteiger partial charge is 0.302 e. The third-order valence-electron chi connectivity index (χ3n) is 3.73. The van der Waals surface area contributed by atoms with Gasteiger partial charge < -0.3 is 10.3 Å². The van der Waals surface area contributed by atoms with Gasteiger partial charge in [-0.2, -0.15) is 0 Å². The zero-order chi connectivity index (χ0) is 19.4. The van der Waals surface area contributed by atoms with Crippen molar-refractivity contribution in [3.05, 3.63) is 68.3 Å². The van der Waals surface area contributed by atoms with Crippen LogP contribution in [0.15, 0.2) is 39.6 Å². The Hall–Kier alpha value is -2.52. The number of hydrogen-bond acceptors (Lipinski definition) is 6. The molecule has 2 heterocycles. The number of aromatic nitrogens is 3. The Morgan fingerprint density at radius 3 is 2.74 bits per heavy atom. The Balaban J connectivity index is 1.68. The van der Waals surface area contributed by atoms with E-state index in [1.807, 2.05) is 12.3 Å². The molecule has 0 unspecified atom stereocenters. The maximum Gasteiger partial charge on any atom is 0.255 e. The summed E-state index contributed by atoms with van der Waals surface area (Å²) in [6.07, 6.45) is -0.0922. The number of thioether (sulfide) groups is 1. The molecule has 0 aliphatic rings. The van der Waals surface area contributed by atoms with Crippen molar-refractivity contribution in [3.63, 3.8) is 0 Å². The van der Waals surface area contributed by atoms with Crippen molar-refractivity contribution in [1.29, 1.82) is 0 Å². The van der Waals surface area contributed by atoms with Gasteiger partial charge >= 0.3 is 0 Å². The summed E-state index contributed by atoms with van der Waals surface area (Å²) in [5.74, 6) is -0.278. The second-order valence-electron chi connectivity index (χ2n) is 5.83. The smallest absolute Gasteiger partial charge is 0.255 e. The van der Waals surface area contributed by atoms with Crippen LogP contribution in [0.4, 0.5) is 9.52 Å². The predicted molar refractivity (Wildman–Crippen MR) is 105 cm³/mol. The van der Waals surface area contributed by atoms with E-state index >= 15 is 0 Å². The molecule has 6 nitrogen and oxygen atoms in total. The van der Waals surface area contributed by atoms with Crippen LogP contribution in [-0.4, -0.2) is 20.9 Å². The van der Waals surface area contributed by atoms with Gasteiger partial charge in [0.1, 0.15) is 5.82 Å². The highest BCUT2D eigenvalue weighted by molar-refractivity contribution is 7.98. The molecule has 3 aromatic rings. The number of halogens is 1. The van der Waals surface area contributed by atoms with Crippen LogP contribution in [0.2, 0.25) is 0 Å². The van der Waals surface area contributed by atoms with Gasteiger partial charge in [0.2, 0.25) is 5.91 Å². The number of amides is 1. The number of nitrogens with zero attached hydrogens (tertiary/aromatic N) is 2. The standard InChI is InChI=1S/C18H17FN4O2S2/c1-10-8-26-17(20-10)22-15(24)7-13-11(2)21-18(23-16(13)25)27-9-12-5-3-4-6-14(12)19/h3-6,8H,7,9H2,1-2H3,(H,20,22,24)(H,21,23,25). The number of aromatic amines is 1. The third kappa shape index (κ3) is 5.01. The molecule has 0 spiro atoms. The van der Waals surface area contributed by atoms with E-state index in [0.29, 0.717) is 32.9 Å². The number of hydrogen-bond donors (Lipinski definition) is 2. The van der Waals surface area contributed by atoms with Gasteiger partial charge in [-0.25, -0.2) is 14.4 Å². The lowest BCUT2D eigenvalue weighted by molar-refractivity contribution is -0.115. The minimum absolute atomic E-state index is 0.0922. The van der Waals surface area contributed by atoms with Crippen molar-refractivity contribution in [2.75, 3.05) is 5.32 Å². The van der Waals surface area contributed by atoms with Crippen LogP contribution < -0.4 is 10.9 Å². The van der Waals surface area contributed by atoms with Crippen LogP contribution in [0, 0.1) is 19.7 Å². The summed E-state index contributed by atoms with van der Waals surface area (Å²) in [5.41, 5.74) is 1.76. The number of anilines is 1. The quantitative estimate of drug-likeness (QED) is 0.485. The highest BCUT2D eigenvalue weighted by Crippen LogP contribution is 2.21. The summed E-state index contributed by atoms with van der Waals surface area (Å²) in [7, 11) is 0. The summed E-state index contributed by atoms with van der Waals surface area (Å²) < 4.78 is 13.7. The molecular formula is C18H17FN4O2S2. The number of carbonyl (C=O) groups is 1. The van der Waals surface area contributed by atoms with E-state index < -0.39 is 0 Å². The Kier molecular flexibility index (Phi) is 6.02. The molecule has 140 valence electrons. The van der Waals surface area contributed by atoms with Gasteiger partial charge in [0.25, 0.3) is 5.56 Å². The summed E-state index contributed by atoms with van der Waals surface area (Å²) in [4.78, 5) is 35.7. The van der Waals surface area contributed by atoms with E-state index in [9.17, 15) is 14.0 Å². The number of nitrogens with one attached hydrogen (secondary N) is 2. The molecule has 2 N–H and O–H groups in total. The zero-order valence-electron chi connectivity index (χ0n) is 14.7. The van der Waals surface area contributed by atoms with Crippen LogP contribution in [-0.2, 0) is 17.0 Å².